The summed E-state index contributed by atoms with van der Waals surface area (Å²) in [5.41, 5.74) is 1.91. The van der Waals surface area contributed by atoms with E-state index in [4.69, 9.17) is 9.47 Å². The first-order chi connectivity index (χ1) is 14.4. The van der Waals surface area contributed by atoms with Crippen LogP contribution in [0, 0.1) is 6.92 Å². The van der Waals surface area contributed by atoms with E-state index in [1.54, 1.807) is 24.3 Å². The fraction of sp³-hybridized carbons (Fsp3) is 0.409. The molecule has 1 atom stereocenters. The van der Waals surface area contributed by atoms with Gasteiger partial charge in [0.1, 0.15) is 0 Å². The van der Waals surface area contributed by atoms with Gasteiger partial charge in [-0.05, 0) is 49.6 Å². The van der Waals surface area contributed by atoms with Gasteiger partial charge in [-0.1, -0.05) is 30.2 Å². The molecule has 2 heterocycles. The summed E-state index contributed by atoms with van der Waals surface area (Å²) in [6, 6.07) is 12.1. The summed E-state index contributed by atoms with van der Waals surface area (Å²) < 4.78 is 38.4. The zero-order valence-electron chi connectivity index (χ0n) is 17.0. The molecule has 30 heavy (non-hydrogen) atoms. The zero-order chi connectivity index (χ0) is 21.1. The molecule has 0 aromatic heterocycles. The van der Waals surface area contributed by atoms with E-state index in [2.05, 4.69) is 5.32 Å². The topological polar surface area (TPSA) is 84.9 Å². The lowest BCUT2D eigenvalue weighted by atomic mass is 10.0. The maximum atomic E-state index is 13.1. The van der Waals surface area contributed by atoms with Gasteiger partial charge in [0.2, 0.25) is 22.7 Å². The zero-order valence-corrected chi connectivity index (χ0v) is 17.8. The van der Waals surface area contributed by atoms with Crippen molar-refractivity contribution in [3.63, 3.8) is 0 Å². The highest BCUT2D eigenvalue weighted by molar-refractivity contribution is 7.89. The first-order valence-electron chi connectivity index (χ1n) is 10.2. The van der Waals surface area contributed by atoms with Crippen molar-refractivity contribution in [3.05, 3.63) is 53.6 Å². The molecule has 0 radical (unpaired) electrons. The number of hydrogen-bond acceptors (Lipinski definition) is 5. The molecule has 0 bridgehead atoms. The number of nitrogens with one attached hydrogen (secondary N) is 1. The van der Waals surface area contributed by atoms with Crippen LogP contribution in [0.3, 0.4) is 0 Å². The lowest BCUT2D eigenvalue weighted by Gasteiger charge is -2.34. The number of nitrogens with zero attached hydrogens (tertiary/aromatic N) is 1. The van der Waals surface area contributed by atoms with Gasteiger partial charge in [-0.15, -0.1) is 0 Å². The summed E-state index contributed by atoms with van der Waals surface area (Å²) in [4.78, 5) is 12.9. The molecular weight excluding hydrogens is 404 g/mol. The average Bonchev–Trinajstić information content (AvgIpc) is 3.21. The van der Waals surface area contributed by atoms with E-state index in [1.807, 2.05) is 25.1 Å². The van der Waals surface area contributed by atoms with E-state index in [-0.39, 0.29) is 30.1 Å². The number of sulfonamides is 1. The highest BCUT2D eigenvalue weighted by atomic mass is 32.2. The normalized spacial score (nSPS) is 18.9. The number of rotatable bonds is 6. The van der Waals surface area contributed by atoms with Gasteiger partial charge in [-0.2, -0.15) is 4.31 Å². The van der Waals surface area contributed by atoms with E-state index < -0.39 is 10.0 Å². The number of carbonyl (C=O) groups is 1. The molecule has 0 unspecified atom stereocenters. The predicted molar refractivity (Wildman–Crippen MR) is 112 cm³/mol. The lowest BCUT2D eigenvalue weighted by molar-refractivity contribution is -0.122. The highest BCUT2D eigenvalue weighted by Crippen LogP contribution is 2.32. The number of ether oxygens (including phenoxy) is 2. The molecule has 8 heteroatoms. The Morgan fingerprint density at radius 2 is 1.87 bits per heavy atom. The van der Waals surface area contributed by atoms with Crippen molar-refractivity contribution in [1.29, 1.82) is 0 Å². The Morgan fingerprint density at radius 1 is 1.10 bits per heavy atom. The molecule has 1 fully saturated rings. The van der Waals surface area contributed by atoms with E-state index >= 15 is 0 Å². The minimum absolute atomic E-state index is 0.148. The Kier molecular flexibility index (Phi) is 5.97. The Bertz CT molecular complexity index is 1020. The van der Waals surface area contributed by atoms with E-state index in [9.17, 15) is 13.2 Å². The molecule has 0 saturated carbocycles. The van der Waals surface area contributed by atoms with E-state index in [0.717, 1.165) is 24.0 Å². The fourth-order valence-corrected chi connectivity index (χ4v) is 5.57. The van der Waals surface area contributed by atoms with Crippen LogP contribution in [0.1, 0.15) is 36.8 Å². The molecule has 1 saturated heterocycles. The van der Waals surface area contributed by atoms with Gasteiger partial charge in [0, 0.05) is 25.6 Å². The lowest BCUT2D eigenvalue weighted by Crippen LogP contribution is -2.45. The number of benzene rings is 2. The van der Waals surface area contributed by atoms with Crippen molar-refractivity contribution in [2.75, 3.05) is 13.3 Å². The van der Waals surface area contributed by atoms with Crippen molar-refractivity contribution in [2.24, 2.45) is 0 Å². The summed E-state index contributed by atoms with van der Waals surface area (Å²) in [5.74, 6) is 1.21. The van der Waals surface area contributed by atoms with Crippen LogP contribution in [0.2, 0.25) is 0 Å². The standard InChI is InChI=1S/C22H26N2O5S/c1-16-5-8-19(9-6-16)30(26,27)24-11-3-2-4-18(24)13-22(25)23-14-17-7-10-20-21(12-17)29-15-28-20/h5-10,12,18H,2-4,11,13-15H2,1H3,(H,23,25)/t18-/m0/s1. The Hall–Kier alpha value is -2.58. The molecule has 2 aromatic carbocycles. The molecule has 2 aromatic rings. The number of fused-ring (bicyclic) bond motifs is 1. The molecule has 2 aliphatic heterocycles. The first-order valence-corrected chi connectivity index (χ1v) is 11.6. The van der Waals surface area contributed by atoms with Crippen LogP contribution < -0.4 is 14.8 Å². The largest absolute Gasteiger partial charge is 0.454 e. The van der Waals surface area contributed by atoms with Crippen LogP contribution in [0.25, 0.3) is 0 Å². The van der Waals surface area contributed by atoms with Crippen LogP contribution in [0.4, 0.5) is 0 Å². The monoisotopic (exact) mass is 430 g/mol. The molecular formula is C22H26N2O5S. The van der Waals surface area contributed by atoms with Crippen molar-refractivity contribution < 1.29 is 22.7 Å². The summed E-state index contributed by atoms with van der Waals surface area (Å²) in [5, 5.41) is 2.90. The van der Waals surface area contributed by atoms with Crippen molar-refractivity contribution >= 4 is 15.9 Å². The summed E-state index contributed by atoms with van der Waals surface area (Å²) >= 11 is 0. The van der Waals surface area contributed by atoms with Gasteiger partial charge in [-0.25, -0.2) is 8.42 Å². The van der Waals surface area contributed by atoms with Crippen molar-refractivity contribution in [2.45, 2.75) is 50.1 Å². The third-order valence-corrected chi connectivity index (χ3v) is 7.51. The van der Waals surface area contributed by atoms with Crippen molar-refractivity contribution in [3.8, 4) is 11.5 Å². The maximum Gasteiger partial charge on any atom is 0.243 e. The van der Waals surface area contributed by atoms with Gasteiger partial charge in [-0.3, -0.25) is 4.79 Å². The molecule has 1 amide bonds. The number of amides is 1. The Balaban J connectivity index is 1.40. The molecule has 0 aliphatic carbocycles. The SMILES string of the molecule is Cc1ccc(S(=O)(=O)N2CCCC[C@H]2CC(=O)NCc2ccc3c(c2)OCO3)cc1. The second-order valence-corrected chi connectivity index (χ2v) is 9.64. The van der Waals surface area contributed by atoms with Crippen LogP contribution in [-0.4, -0.2) is 38.0 Å². The average molecular weight is 431 g/mol. The third kappa shape index (κ3) is 4.44. The molecule has 7 nitrogen and oxygen atoms in total. The minimum atomic E-state index is -3.62. The van der Waals surface area contributed by atoms with Crippen molar-refractivity contribution in [1.82, 2.24) is 9.62 Å². The number of aryl methyl sites for hydroxylation is 1. The van der Waals surface area contributed by atoms with Gasteiger partial charge in [0.15, 0.2) is 11.5 Å². The van der Waals surface area contributed by atoms with Gasteiger partial charge >= 0.3 is 0 Å². The Morgan fingerprint density at radius 3 is 2.67 bits per heavy atom. The number of carbonyl (C=O) groups excluding carboxylic acids is 1. The van der Waals surface area contributed by atoms with E-state index in [1.165, 1.54) is 4.31 Å². The highest BCUT2D eigenvalue weighted by Gasteiger charge is 2.34. The molecule has 1 N–H and O–H groups in total. The summed E-state index contributed by atoms with van der Waals surface area (Å²) in [6.07, 6.45) is 2.55. The van der Waals surface area contributed by atoms with Gasteiger partial charge in [0.05, 0.1) is 4.90 Å². The molecule has 0 spiro atoms. The van der Waals surface area contributed by atoms with Crippen LogP contribution >= 0.6 is 0 Å². The van der Waals surface area contributed by atoms with Crippen LogP contribution in [0.5, 0.6) is 11.5 Å². The Labute approximate surface area is 177 Å². The quantitative estimate of drug-likeness (QED) is 0.762. The predicted octanol–water partition coefficient (Wildman–Crippen LogP) is 2.97. The number of piperidine rings is 1. The van der Waals surface area contributed by atoms with Gasteiger partial charge < -0.3 is 14.8 Å². The maximum absolute atomic E-state index is 13.1. The molecule has 4 rings (SSSR count). The number of hydrogen-bond donors (Lipinski definition) is 1. The second-order valence-electron chi connectivity index (χ2n) is 7.75. The van der Waals surface area contributed by atoms with E-state index in [0.29, 0.717) is 31.0 Å². The summed E-state index contributed by atoms with van der Waals surface area (Å²) in [6.45, 7) is 2.92. The minimum Gasteiger partial charge on any atom is -0.454 e. The second kappa shape index (κ2) is 8.65. The molecule has 2 aliphatic rings. The first kappa shape index (κ1) is 20.7. The van der Waals surface area contributed by atoms with Crippen LogP contribution in [-0.2, 0) is 21.4 Å². The van der Waals surface area contributed by atoms with Gasteiger partial charge in [0.25, 0.3) is 0 Å². The smallest absolute Gasteiger partial charge is 0.243 e. The fourth-order valence-electron chi connectivity index (χ4n) is 3.88. The van der Waals surface area contributed by atoms with Crippen LogP contribution in [0.15, 0.2) is 47.4 Å². The summed E-state index contributed by atoms with van der Waals surface area (Å²) in [7, 11) is -3.62. The molecule has 160 valence electrons. The third-order valence-electron chi connectivity index (χ3n) is 5.55.